The number of esters is 1. The fraction of sp³-hybridized carbons (Fsp3) is 0.417. The van der Waals surface area contributed by atoms with Crippen LogP contribution in [0.2, 0.25) is 0 Å². The Labute approximate surface area is 95.3 Å². The van der Waals surface area contributed by atoms with Gasteiger partial charge in [-0.3, -0.25) is 4.79 Å². The van der Waals surface area contributed by atoms with E-state index in [1.165, 1.54) is 7.11 Å². The molecule has 1 unspecified atom stereocenters. The molecule has 2 atom stereocenters. The van der Waals surface area contributed by atoms with Crippen LogP contribution in [-0.4, -0.2) is 25.7 Å². The zero-order chi connectivity index (χ0) is 12.0. The fourth-order valence-electron chi connectivity index (χ4n) is 1.29. The number of hydrogen-bond donors (Lipinski definition) is 1. The minimum absolute atomic E-state index is 0.0862. The molecule has 88 valence electrons. The molecule has 0 aliphatic rings. The molecule has 0 aliphatic heterocycles. The van der Waals surface area contributed by atoms with Crippen molar-refractivity contribution in [2.24, 2.45) is 5.73 Å². The molecule has 2 N–H and O–H groups in total. The van der Waals surface area contributed by atoms with Crippen LogP contribution in [0.5, 0.6) is 0 Å². The maximum absolute atomic E-state index is 11.0. The van der Waals surface area contributed by atoms with Gasteiger partial charge in [0, 0.05) is 0 Å². The molecule has 4 nitrogen and oxygen atoms in total. The molecule has 0 fully saturated rings. The predicted octanol–water partition coefficient (Wildman–Crippen LogP) is 1.26. The van der Waals surface area contributed by atoms with Crippen molar-refractivity contribution in [1.82, 2.24) is 0 Å². The SMILES string of the molecule is COC(=O)C(N)CO[C@@H](C)c1ccccc1. The van der Waals surface area contributed by atoms with Crippen molar-refractivity contribution in [1.29, 1.82) is 0 Å². The lowest BCUT2D eigenvalue weighted by Gasteiger charge is -2.15. The van der Waals surface area contributed by atoms with Crippen LogP contribution in [0, 0.1) is 0 Å². The topological polar surface area (TPSA) is 61.5 Å². The summed E-state index contributed by atoms with van der Waals surface area (Å²) in [7, 11) is 1.31. The lowest BCUT2D eigenvalue weighted by molar-refractivity contribution is -0.144. The molecule has 1 aromatic carbocycles. The predicted molar refractivity (Wildman–Crippen MR) is 60.8 cm³/mol. The Kier molecular flexibility index (Phi) is 4.95. The Morgan fingerprint density at radius 2 is 2.00 bits per heavy atom. The van der Waals surface area contributed by atoms with Crippen molar-refractivity contribution in [3.05, 3.63) is 35.9 Å². The van der Waals surface area contributed by atoms with E-state index >= 15 is 0 Å². The summed E-state index contributed by atoms with van der Waals surface area (Å²) < 4.78 is 9.99. The Bertz CT molecular complexity index is 326. The first-order chi connectivity index (χ1) is 7.65. The fourth-order valence-corrected chi connectivity index (χ4v) is 1.29. The van der Waals surface area contributed by atoms with Crippen LogP contribution in [0.1, 0.15) is 18.6 Å². The molecule has 0 spiro atoms. The van der Waals surface area contributed by atoms with Gasteiger partial charge in [-0.2, -0.15) is 0 Å². The van der Waals surface area contributed by atoms with Gasteiger partial charge in [-0.1, -0.05) is 30.3 Å². The summed E-state index contributed by atoms with van der Waals surface area (Å²) in [5.74, 6) is -0.458. The van der Waals surface area contributed by atoms with Crippen molar-refractivity contribution in [3.8, 4) is 0 Å². The number of methoxy groups -OCH3 is 1. The molecule has 0 bridgehead atoms. The summed E-state index contributed by atoms with van der Waals surface area (Å²) in [4.78, 5) is 11.0. The first-order valence-electron chi connectivity index (χ1n) is 5.15. The number of benzene rings is 1. The molecular formula is C12H17NO3. The molecule has 0 amide bonds. The Hall–Kier alpha value is -1.39. The maximum atomic E-state index is 11.0. The maximum Gasteiger partial charge on any atom is 0.325 e. The summed E-state index contributed by atoms with van der Waals surface area (Å²) in [6.45, 7) is 2.07. The van der Waals surface area contributed by atoms with E-state index < -0.39 is 12.0 Å². The molecule has 16 heavy (non-hydrogen) atoms. The number of ether oxygens (including phenoxy) is 2. The van der Waals surface area contributed by atoms with Crippen LogP contribution in [0.4, 0.5) is 0 Å². The number of rotatable bonds is 5. The Morgan fingerprint density at radius 3 is 2.56 bits per heavy atom. The third-order valence-electron chi connectivity index (χ3n) is 2.30. The van der Waals surface area contributed by atoms with Gasteiger partial charge in [0.2, 0.25) is 0 Å². The van der Waals surface area contributed by atoms with Crippen molar-refractivity contribution in [2.45, 2.75) is 19.1 Å². The van der Waals surface area contributed by atoms with E-state index in [1.54, 1.807) is 0 Å². The van der Waals surface area contributed by atoms with Gasteiger partial charge in [0.1, 0.15) is 6.04 Å². The second-order valence-electron chi connectivity index (χ2n) is 3.52. The van der Waals surface area contributed by atoms with Gasteiger partial charge in [-0.05, 0) is 12.5 Å². The van der Waals surface area contributed by atoms with Gasteiger partial charge < -0.3 is 15.2 Å². The molecule has 1 aromatic rings. The summed E-state index contributed by atoms with van der Waals surface area (Å²) in [5.41, 5.74) is 6.61. The molecule has 0 radical (unpaired) electrons. The van der Waals surface area contributed by atoms with E-state index in [9.17, 15) is 4.79 Å². The van der Waals surface area contributed by atoms with E-state index in [0.29, 0.717) is 0 Å². The highest BCUT2D eigenvalue weighted by Crippen LogP contribution is 2.15. The molecule has 0 aromatic heterocycles. The highest BCUT2D eigenvalue weighted by Gasteiger charge is 2.15. The third kappa shape index (κ3) is 3.64. The van der Waals surface area contributed by atoms with Crippen LogP contribution in [0.3, 0.4) is 0 Å². The molecule has 1 rings (SSSR count). The standard InChI is InChI=1S/C12H17NO3/c1-9(10-6-4-3-5-7-10)16-8-11(13)12(14)15-2/h3-7,9,11H,8,13H2,1-2H3/t9-,11?/m0/s1. The number of carbonyl (C=O) groups is 1. The molecular weight excluding hydrogens is 206 g/mol. The van der Waals surface area contributed by atoms with Gasteiger partial charge in [0.15, 0.2) is 0 Å². The van der Waals surface area contributed by atoms with E-state index in [-0.39, 0.29) is 12.7 Å². The summed E-state index contributed by atoms with van der Waals surface area (Å²) in [5, 5.41) is 0. The average Bonchev–Trinajstić information content (AvgIpc) is 2.35. The van der Waals surface area contributed by atoms with Gasteiger partial charge >= 0.3 is 5.97 Å². The molecule has 0 heterocycles. The third-order valence-corrected chi connectivity index (χ3v) is 2.30. The highest BCUT2D eigenvalue weighted by molar-refractivity contribution is 5.75. The van der Waals surface area contributed by atoms with Crippen LogP contribution in [-0.2, 0) is 14.3 Å². The van der Waals surface area contributed by atoms with Gasteiger partial charge in [0.25, 0.3) is 0 Å². The minimum Gasteiger partial charge on any atom is -0.468 e. The largest absolute Gasteiger partial charge is 0.468 e. The van der Waals surface area contributed by atoms with Crippen LogP contribution < -0.4 is 5.73 Å². The molecule has 0 saturated heterocycles. The first-order valence-corrected chi connectivity index (χ1v) is 5.15. The van der Waals surface area contributed by atoms with Crippen LogP contribution >= 0.6 is 0 Å². The monoisotopic (exact) mass is 223 g/mol. The Balaban J connectivity index is 2.41. The summed E-state index contributed by atoms with van der Waals surface area (Å²) in [6, 6.07) is 9.03. The summed E-state index contributed by atoms with van der Waals surface area (Å²) >= 11 is 0. The lowest BCUT2D eigenvalue weighted by Crippen LogP contribution is -2.36. The van der Waals surface area contributed by atoms with Crippen molar-refractivity contribution in [2.75, 3.05) is 13.7 Å². The number of hydrogen-bond acceptors (Lipinski definition) is 4. The normalized spacial score (nSPS) is 14.2. The molecule has 4 heteroatoms. The molecule has 0 saturated carbocycles. The van der Waals surface area contributed by atoms with E-state index in [1.807, 2.05) is 37.3 Å². The second-order valence-corrected chi connectivity index (χ2v) is 3.52. The van der Waals surface area contributed by atoms with Crippen molar-refractivity contribution >= 4 is 5.97 Å². The number of nitrogens with two attached hydrogens (primary N) is 1. The van der Waals surface area contributed by atoms with Crippen LogP contribution in [0.25, 0.3) is 0 Å². The minimum atomic E-state index is -0.726. The van der Waals surface area contributed by atoms with E-state index in [2.05, 4.69) is 4.74 Å². The second kappa shape index (κ2) is 6.25. The van der Waals surface area contributed by atoms with Gasteiger partial charge in [-0.25, -0.2) is 0 Å². The zero-order valence-electron chi connectivity index (χ0n) is 9.55. The highest BCUT2D eigenvalue weighted by atomic mass is 16.5. The van der Waals surface area contributed by atoms with Crippen LogP contribution in [0.15, 0.2) is 30.3 Å². The summed E-state index contributed by atoms with van der Waals surface area (Å²) in [6.07, 6.45) is -0.0862. The Morgan fingerprint density at radius 1 is 1.38 bits per heavy atom. The lowest BCUT2D eigenvalue weighted by atomic mass is 10.1. The number of carbonyl (C=O) groups excluding carboxylic acids is 1. The van der Waals surface area contributed by atoms with Gasteiger partial charge in [0.05, 0.1) is 19.8 Å². The van der Waals surface area contributed by atoms with E-state index in [0.717, 1.165) is 5.56 Å². The first kappa shape index (κ1) is 12.7. The van der Waals surface area contributed by atoms with Crippen molar-refractivity contribution < 1.29 is 14.3 Å². The zero-order valence-corrected chi connectivity index (χ0v) is 9.55. The quantitative estimate of drug-likeness (QED) is 0.763. The van der Waals surface area contributed by atoms with Crippen molar-refractivity contribution in [3.63, 3.8) is 0 Å². The van der Waals surface area contributed by atoms with Gasteiger partial charge in [-0.15, -0.1) is 0 Å². The average molecular weight is 223 g/mol. The smallest absolute Gasteiger partial charge is 0.325 e. The van der Waals surface area contributed by atoms with E-state index in [4.69, 9.17) is 10.5 Å². The molecule has 0 aliphatic carbocycles.